The van der Waals surface area contributed by atoms with Gasteiger partial charge < -0.3 is 119 Å². The fourth-order valence-electron chi connectivity index (χ4n) is 10.3. The van der Waals surface area contributed by atoms with Crippen molar-refractivity contribution in [2.45, 2.75) is 133 Å². The highest BCUT2D eigenvalue weighted by atomic mass is 16.2. The maximum absolute atomic E-state index is 14.1. The Morgan fingerprint density at radius 3 is 0.902 bits per heavy atom. The molecule has 36 heteroatoms. The van der Waals surface area contributed by atoms with Crippen LogP contribution in [0.15, 0.2) is 70.6 Å². The largest absolute Gasteiger partial charge is 0.370 e. The summed E-state index contributed by atoms with van der Waals surface area (Å²) in [6, 6.07) is 13.2. The SMILES string of the molecule is CC(=O)NCCN(CCC(=O)NCCN(CCC(=O)NCCN(CCC(=O)NCCN(CCC(=O)NCCN(CCC(=O)NCCC(N)=O)C(=O)[C@@H](N)Cc1ccccc1)C(=O)[C@@H](N)CCCN=C(N)N)C(=O)[C@@H](N)Cc1ccccc1)C(=O)[C@@H](N)CCCCN)C(=O)[C@@H](N)CCCN=C(N)N. The van der Waals surface area contributed by atoms with Crippen molar-refractivity contribution < 1.29 is 57.5 Å². The van der Waals surface area contributed by atoms with Gasteiger partial charge in [0.05, 0.1) is 30.2 Å². The number of rotatable bonds is 54. The highest BCUT2D eigenvalue weighted by Gasteiger charge is 2.28. The number of nitrogens with one attached hydrogen (secondary N) is 6. The molecule has 0 aliphatic carbocycles. The molecule has 0 aliphatic heterocycles. The van der Waals surface area contributed by atoms with Gasteiger partial charge in [-0.25, -0.2) is 0 Å². The molecule has 0 spiro atoms. The third kappa shape index (κ3) is 40.0. The van der Waals surface area contributed by atoms with Crippen molar-refractivity contribution in [1.82, 2.24) is 56.4 Å². The number of hydrogen-bond acceptors (Lipinski definition) is 20. The maximum atomic E-state index is 14.1. The lowest BCUT2D eigenvalue weighted by molar-refractivity contribution is -0.135. The van der Waals surface area contributed by atoms with Gasteiger partial charge >= 0.3 is 0 Å². The molecule has 570 valence electrons. The fraction of sp³-hybridized carbons (Fsp3) is 0.606. The average Bonchev–Trinajstić information content (AvgIpc) is 0.921. The average molecular weight is 1440 g/mol. The van der Waals surface area contributed by atoms with Crippen LogP contribution in [0.2, 0.25) is 0 Å². The van der Waals surface area contributed by atoms with E-state index in [1.165, 1.54) is 31.4 Å². The minimum absolute atomic E-state index is 0.0174. The lowest BCUT2D eigenvalue weighted by Gasteiger charge is -2.27. The van der Waals surface area contributed by atoms with Crippen LogP contribution in [-0.2, 0) is 70.4 Å². The molecule has 2 rings (SSSR count). The summed E-state index contributed by atoms with van der Waals surface area (Å²) in [4.78, 5) is 172. The number of carbonyl (C=O) groups excluding carboxylic acids is 12. The van der Waals surface area contributed by atoms with Gasteiger partial charge in [0.15, 0.2) is 11.9 Å². The molecule has 2 aromatic rings. The molecular weight excluding hydrogens is 1320 g/mol. The van der Waals surface area contributed by atoms with Crippen molar-refractivity contribution in [3.63, 3.8) is 0 Å². The number of amides is 12. The van der Waals surface area contributed by atoms with E-state index in [1.54, 1.807) is 12.1 Å². The number of primary amides is 1. The number of unbranched alkanes of at least 4 members (excludes halogenated alkanes) is 1. The third-order valence-corrected chi connectivity index (χ3v) is 16.0. The summed E-state index contributed by atoms with van der Waals surface area (Å²) in [5.41, 5.74) is 65.9. The predicted octanol–water partition coefficient (Wildman–Crippen LogP) is -6.97. The Morgan fingerprint density at radius 2 is 0.627 bits per heavy atom. The molecule has 0 saturated heterocycles. The Hall–Kier alpha value is -9.62. The molecule has 0 unspecified atom stereocenters. The van der Waals surface area contributed by atoms with E-state index in [4.69, 9.17) is 63.1 Å². The fourth-order valence-corrected chi connectivity index (χ4v) is 10.3. The van der Waals surface area contributed by atoms with Gasteiger partial charge in [-0.3, -0.25) is 67.5 Å². The quantitative estimate of drug-likeness (QED) is 0.0166. The van der Waals surface area contributed by atoms with Crippen LogP contribution < -0.4 is 95.0 Å². The van der Waals surface area contributed by atoms with Crippen LogP contribution in [0.5, 0.6) is 0 Å². The molecule has 36 nitrogen and oxygen atoms in total. The van der Waals surface area contributed by atoms with Crippen LogP contribution in [0.3, 0.4) is 0 Å². The number of nitrogens with zero attached hydrogens (tertiary/aromatic N) is 7. The molecule has 5 atom stereocenters. The lowest BCUT2D eigenvalue weighted by Crippen LogP contribution is -2.50. The van der Waals surface area contributed by atoms with Crippen LogP contribution in [-0.4, -0.2) is 262 Å². The monoisotopic (exact) mass is 1430 g/mol. The summed E-state index contributed by atoms with van der Waals surface area (Å²) in [6.45, 7) is 1.39. The van der Waals surface area contributed by atoms with Crippen LogP contribution in [0.1, 0.15) is 102 Å². The van der Waals surface area contributed by atoms with Crippen molar-refractivity contribution >= 4 is 82.8 Å². The molecule has 0 fully saturated rings. The summed E-state index contributed by atoms with van der Waals surface area (Å²) < 4.78 is 0. The van der Waals surface area contributed by atoms with Crippen LogP contribution in [0.4, 0.5) is 0 Å². The highest BCUT2D eigenvalue weighted by molar-refractivity contribution is 5.87. The Bertz CT molecular complexity index is 2980. The van der Waals surface area contributed by atoms with Gasteiger partial charge in [0, 0.05) is 163 Å². The van der Waals surface area contributed by atoms with Crippen LogP contribution in [0.25, 0.3) is 0 Å². The van der Waals surface area contributed by atoms with Gasteiger partial charge in [-0.1, -0.05) is 67.1 Å². The smallest absolute Gasteiger partial charge is 0.239 e. The minimum Gasteiger partial charge on any atom is -0.370 e. The summed E-state index contributed by atoms with van der Waals surface area (Å²) in [5, 5.41) is 16.3. The van der Waals surface area contributed by atoms with E-state index in [0.29, 0.717) is 38.6 Å². The topological polar surface area (TPSA) is 604 Å². The van der Waals surface area contributed by atoms with E-state index >= 15 is 0 Å². The third-order valence-electron chi connectivity index (χ3n) is 16.0. The predicted molar refractivity (Wildman–Crippen MR) is 386 cm³/mol. The number of nitrogens with two attached hydrogens (primary N) is 11. The van der Waals surface area contributed by atoms with Crippen LogP contribution in [0, 0.1) is 0 Å². The van der Waals surface area contributed by atoms with Gasteiger partial charge in [0.1, 0.15) is 0 Å². The molecule has 2 aromatic carbocycles. The zero-order chi connectivity index (χ0) is 75.8. The lowest BCUT2D eigenvalue weighted by atomic mass is 10.1. The van der Waals surface area contributed by atoms with Crippen molar-refractivity contribution in [1.29, 1.82) is 0 Å². The molecule has 0 heterocycles. The Balaban J connectivity index is 2.19. The van der Waals surface area contributed by atoms with E-state index in [-0.39, 0.29) is 200 Å². The summed E-state index contributed by atoms with van der Waals surface area (Å²) in [7, 11) is 0. The first-order valence-electron chi connectivity index (χ1n) is 34.6. The molecule has 28 N–H and O–H groups in total. The first-order chi connectivity index (χ1) is 48.6. The second-order valence-electron chi connectivity index (χ2n) is 24.4. The minimum atomic E-state index is -1.04. The van der Waals surface area contributed by atoms with Crippen molar-refractivity contribution in [3.05, 3.63) is 71.8 Å². The second kappa shape index (κ2) is 51.5. The van der Waals surface area contributed by atoms with E-state index in [0.717, 1.165) is 11.1 Å². The summed E-state index contributed by atoms with van der Waals surface area (Å²) in [6.07, 6.45) is 2.06. The number of aliphatic imine (C=N–C) groups is 2. The molecule has 0 aromatic heterocycles. The van der Waals surface area contributed by atoms with Crippen molar-refractivity contribution in [2.75, 3.05) is 124 Å². The van der Waals surface area contributed by atoms with Gasteiger partial charge in [-0.2, -0.15) is 0 Å². The van der Waals surface area contributed by atoms with Gasteiger partial charge in [0.25, 0.3) is 0 Å². The maximum Gasteiger partial charge on any atom is 0.239 e. The van der Waals surface area contributed by atoms with E-state index in [1.807, 2.05) is 48.5 Å². The number of carbonyl (C=O) groups is 12. The van der Waals surface area contributed by atoms with Gasteiger partial charge in [-0.05, 0) is 69.0 Å². The van der Waals surface area contributed by atoms with Gasteiger partial charge in [-0.15, -0.1) is 0 Å². The zero-order valence-electron chi connectivity index (χ0n) is 59.1. The summed E-state index contributed by atoms with van der Waals surface area (Å²) >= 11 is 0. The molecule has 0 radical (unpaired) electrons. The second-order valence-corrected chi connectivity index (χ2v) is 24.4. The highest BCUT2D eigenvalue weighted by Crippen LogP contribution is 2.11. The normalized spacial score (nSPS) is 12.3. The number of hydrogen-bond donors (Lipinski definition) is 17. The molecular formula is C66H114N24O12. The summed E-state index contributed by atoms with van der Waals surface area (Å²) in [5.74, 6) is -5.95. The number of benzene rings is 2. The first-order valence-corrected chi connectivity index (χ1v) is 34.6. The van der Waals surface area contributed by atoms with Gasteiger partial charge in [0.2, 0.25) is 70.9 Å². The molecule has 0 aliphatic rings. The van der Waals surface area contributed by atoms with E-state index in [9.17, 15) is 57.5 Å². The molecule has 102 heavy (non-hydrogen) atoms. The van der Waals surface area contributed by atoms with Crippen LogP contribution >= 0.6 is 0 Å². The molecule has 0 bridgehead atoms. The Morgan fingerprint density at radius 1 is 0.353 bits per heavy atom. The zero-order valence-corrected chi connectivity index (χ0v) is 59.1. The Kier molecular flexibility index (Phi) is 44.7. The number of guanidine groups is 2. The standard InChI is InChI=1S/C66H114N24O12/c1-46(91)78-29-39-86(61(99)50(69)17-10-26-84-65(74)75)34-21-56(94)80-30-40-87(60(98)49(68)16-8-9-25-67)35-22-57(95)83-33-43-90(64(102)53(72)45-48-14-6-3-7-15-48)38-24-59(97)81-31-41-88(62(100)51(70)18-11-27-85-66(76)77)36-23-58(96)82-32-42-89(37-20-55(93)79-28-19-54(73)92)63(101)52(71)44-47-12-4-2-5-13-47/h2-7,12-15,49-53H,8-11,16-45,67-72H2,1H3,(H2,73,92)(H,78,91)(H,79,93)(H,80,94)(H,81,97)(H,82,96)(H,83,95)(H4,74,75,84)(H4,76,77,85)/t49-,50-,51-,52-,53-/m0/s1. The molecule has 0 saturated carbocycles. The first kappa shape index (κ1) is 88.5. The Labute approximate surface area is 597 Å². The van der Waals surface area contributed by atoms with E-state index in [2.05, 4.69) is 41.9 Å². The molecule has 12 amide bonds. The van der Waals surface area contributed by atoms with Crippen molar-refractivity contribution in [3.8, 4) is 0 Å². The van der Waals surface area contributed by atoms with Crippen molar-refractivity contribution in [2.24, 2.45) is 73.1 Å². The van der Waals surface area contributed by atoms with E-state index < -0.39 is 95.2 Å².